The highest BCUT2D eigenvalue weighted by Gasteiger charge is 2.17. The van der Waals surface area contributed by atoms with Crippen molar-refractivity contribution in [2.75, 3.05) is 19.8 Å². The van der Waals surface area contributed by atoms with Gasteiger partial charge in [-0.25, -0.2) is 0 Å². The summed E-state index contributed by atoms with van der Waals surface area (Å²) < 4.78 is 0. The topological polar surface area (TPSA) is 3.24 Å². The van der Waals surface area contributed by atoms with Gasteiger partial charge < -0.3 is 4.90 Å². The second-order valence-corrected chi connectivity index (χ2v) is 3.14. The van der Waals surface area contributed by atoms with E-state index in [0.717, 1.165) is 5.75 Å². The van der Waals surface area contributed by atoms with Crippen LogP contribution in [-0.2, 0) is 0 Å². The third-order valence-electron chi connectivity index (χ3n) is 1.56. The molecule has 2 heteroatoms. The molecule has 0 atom stereocenters. The fourth-order valence-electron chi connectivity index (χ4n) is 0.129. The molecule has 0 aromatic heterocycles. The molecule has 0 aliphatic heterocycles. The molecule has 1 radical (unpaired) electrons. The highest BCUT2D eigenvalue weighted by molar-refractivity contribution is 7.80. The van der Waals surface area contributed by atoms with Gasteiger partial charge in [0.2, 0.25) is 0 Å². The second-order valence-electron chi connectivity index (χ2n) is 2.85. The van der Waals surface area contributed by atoms with Crippen LogP contribution in [-0.4, -0.2) is 30.3 Å². The standard InChI is InChI=1S/C6H14NS/c1-6(2,5-8)7(3)4/h5H2,1-4H3. The minimum absolute atomic E-state index is 0.190. The molecule has 49 valence electrons. The van der Waals surface area contributed by atoms with E-state index in [4.69, 9.17) is 12.6 Å². The third-order valence-corrected chi connectivity index (χ3v) is 2.27. The maximum Gasteiger partial charge on any atom is 0.0245 e. The van der Waals surface area contributed by atoms with E-state index < -0.39 is 0 Å². The highest BCUT2D eigenvalue weighted by atomic mass is 32.1. The summed E-state index contributed by atoms with van der Waals surface area (Å²) in [5, 5.41) is 0. The molecule has 0 amide bonds. The number of rotatable bonds is 2. The summed E-state index contributed by atoms with van der Waals surface area (Å²) in [6.45, 7) is 4.28. The van der Waals surface area contributed by atoms with Crippen molar-refractivity contribution < 1.29 is 0 Å². The lowest BCUT2D eigenvalue weighted by atomic mass is 10.1. The van der Waals surface area contributed by atoms with Gasteiger partial charge >= 0.3 is 0 Å². The van der Waals surface area contributed by atoms with E-state index in [0.29, 0.717) is 0 Å². The highest BCUT2D eigenvalue weighted by Crippen LogP contribution is 2.10. The molecule has 0 rings (SSSR count). The van der Waals surface area contributed by atoms with Crippen LogP contribution in [0.4, 0.5) is 0 Å². The summed E-state index contributed by atoms with van der Waals surface area (Å²) >= 11 is 4.92. The van der Waals surface area contributed by atoms with Crippen molar-refractivity contribution in [1.29, 1.82) is 0 Å². The molecule has 0 bridgehead atoms. The van der Waals surface area contributed by atoms with Crippen LogP contribution in [0.1, 0.15) is 13.8 Å². The lowest BCUT2D eigenvalue weighted by Gasteiger charge is -2.29. The Bertz CT molecular complexity index is 68.9. The predicted molar refractivity (Wildman–Crippen MR) is 40.2 cm³/mol. The molecule has 0 spiro atoms. The smallest absolute Gasteiger partial charge is 0.0245 e. The van der Waals surface area contributed by atoms with Gasteiger partial charge in [-0.15, -0.1) is 0 Å². The Morgan fingerprint density at radius 3 is 1.75 bits per heavy atom. The molecule has 0 saturated carbocycles. The van der Waals surface area contributed by atoms with E-state index in [1.54, 1.807) is 0 Å². The molecule has 0 unspecified atom stereocenters. The molecule has 0 aromatic rings. The third kappa shape index (κ3) is 2.05. The van der Waals surface area contributed by atoms with Gasteiger partial charge in [-0.1, -0.05) is 12.6 Å². The van der Waals surface area contributed by atoms with Crippen molar-refractivity contribution in [2.24, 2.45) is 0 Å². The Morgan fingerprint density at radius 1 is 1.38 bits per heavy atom. The first-order chi connectivity index (χ1) is 3.50. The normalized spacial score (nSPS) is 12.8. The molecule has 0 N–H and O–H groups in total. The Morgan fingerprint density at radius 2 is 1.75 bits per heavy atom. The van der Waals surface area contributed by atoms with Gasteiger partial charge in [0.25, 0.3) is 0 Å². The maximum absolute atomic E-state index is 4.92. The van der Waals surface area contributed by atoms with Crippen LogP contribution >= 0.6 is 12.6 Å². The van der Waals surface area contributed by atoms with Gasteiger partial charge in [0.05, 0.1) is 0 Å². The van der Waals surface area contributed by atoms with Gasteiger partial charge in [0.15, 0.2) is 0 Å². The molecule has 0 aliphatic rings. The Hall–Kier alpha value is 0.310. The molecule has 8 heavy (non-hydrogen) atoms. The van der Waals surface area contributed by atoms with Gasteiger partial charge in [0.1, 0.15) is 0 Å². The summed E-state index contributed by atoms with van der Waals surface area (Å²) in [5.41, 5.74) is 0.190. The quantitative estimate of drug-likeness (QED) is 0.550. The van der Waals surface area contributed by atoms with Gasteiger partial charge in [-0.3, -0.25) is 0 Å². The average molecular weight is 132 g/mol. The largest absolute Gasteiger partial charge is 0.303 e. The molecule has 0 aliphatic carbocycles. The zero-order chi connectivity index (χ0) is 6.78. The molecule has 0 heterocycles. The first kappa shape index (κ1) is 8.31. The molecule has 0 aromatic carbocycles. The van der Waals surface area contributed by atoms with Crippen LogP contribution < -0.4 is 0 Å². The molecule has 0 fully saturated rings. The monoisotopic (exact) mass is 132 g/mol. The predicted octanol–water partition coefficient (Wildman–Crippen LogP) is 1.52. The summed E-state index contributed by atoms with van der Waals surface area (Å²) in [5.74, 6) is 0.792. The van der Waals surface area contributed by atoms with Gasteiger partial charge in [-0.05, 0) is 27.9 Å². The summed E-state index contributed by atoms with van der Waals surface area (Å²) in [6.07, 6.45) is 0. The van der Waals surface area contributed by atoms with Crippen LogP contribution in [0.5, 0.6) is 0 Å². The van der Waals surface area contributed by atoms with Crippen LogP contribution in [0.3, 0.4) is 0 Å². The Kier molecular flexibility index (Phi) is 2.84. The first-order valence-electron chi connectivity index (χ1n) is 2.76. The molecular weight excluding hydrogens is 118 g/mol. The SMILES string of the molecule is CN(C)C(C)(C)C[S]. The minimum Gasteiger partial charge on any atom is -0.303 e. The van der Waals surface area contributed by atoms with Crippen LogP contribution in [0.15, 0.2) is 0 Å². The molecule has 1 nitrogen and oxygen atoms in total. The van der Waals surface area contributed by atoms with E-state index in [1.165, 1.54) is 0 Å². The van der Waals surface area contributed by atoms with Gasteiger partial charge in [-0.2, -0.15) is 0 Å². The van der Waals surface area contributed by atoms with Crippen LogP contribution in [0.25, 0.3) is 0 Å². The Labute approximate surface area is 57.5 Å². The Balaban J connectivity index is 3.71. The number of nitrogens with zero attached hydrogens (tertiary/aromatic N) is 1. The zero-order valence-electron chi connectivity index (χ0n) is 6.06. The average Bonchev–Trinajstić information content (AvgIpc) is 1.67. The first-order valence-corrected chi connectivity index (χ1v) is 3.34. The van der Waals surface area contributed by atoms with E-state index >= 15 is 0 Å². The lowest BCUT2D eigenvalue weighted by Crippen LogP contribution is -2.39. The van der Waals surface area contributed by atoms with Crippen molar-refractivity contribution in [1.82, 2.24) is 4.90 Å². The molecule has 0 saturated heterocycles. The summed E-state index contributed by atoms with van der Waals surface area (Å²) in [4.78, 5) is 2.14. The van der Waals surface area contributed by atoms with Crippen molar-refractivity contribution >= 4 is 12.6 Å². The van der Waals surface area contributed by atoms with E-state index in [1.807, 2.05) is 14.1 Å². The van der Waals surface area contributed by atoms with Gasteiger partial charge in [0, 0.05) is 11.3 Å². The van der Waals surface area contributed by atoms with Crippen molar-refractivity contribution in [3.05, 3.63) is 0 Å². The zero-order valence-corrected chi connectivity index (χ0v) is 6.88. The number of hydrogen-bond acceptors (Lipinski definition) is 1. The van der Waals surface area contributed by atoms with Crippen molar-refractivity contribution in [2.45, 2.75) is 19.4 Å². The fraction of sp³-hybridized carbons (Fsp3) is 1.00. The van der Waals surface area contributed by atoms with Crippen LogP contribution in [0, 0.1) is 0 Å². The summed E-state index contributed by atoms with van der Waals surface area (Å²) in [7, 11) is 4.10. The van der Waals surface area contributed by atoms with Crippen LogP contribution in [0.2, 0.25) is 0 Å². The lowest BCUT2D eigenvalue weighted by molar-refractivity contribution is 0.225. The van der Waals surface area contributed by atoms with E-state index in [2.05, 4.69) is 18.7 Å². The second kappa shape index (κ2) is 2.74. The minimum atomic E-state index is 0.190. The fourth-order valence-corrected chi connectivity index (χ4v) is 0.387. The number of hydrogen-bond donors (Lipinski definition) is 0. The van der Waals surface area contributed by atoms with E-state index in [-0.39, 0.29) is 5.54 Å². The summed E-state index contributed by atoms with van der Waals surface area (Å²) in [6, 6.07) is 0. The molecular formula is C6H14NS. The van der Waals surface area contributed by atoms with Crippen molar-refractivity contribution in [3.63, 3.8) is 0 Å². The van der Waals surface area contributed by atoms with Crippen molar-refractivity contribution in [3.8, 4) is 0 Å². The van der Waals surface area contributed by atoms with E-state index in [9.17, 15) is 0 Å². The maximum atomic E-state index is 4.92.